The predicted molar refractivity (Wildman–Crippen MR) is 96.9 cm³/mol. The Morgan fingerprint density at radius 3 is 2.88 bits per heavy atom. The second-order valence-electron chi connectivity index (χ2n) is 7.29. The molecule has 24 heavy (non-hydrogen) atoms. The molecule has 0 aliphatic carbocycles. The Bertz CT molecular complexity index is 720. The zero-order valence-corrected chi connectivity index (χ0v) is 15.9. The van der Waals surface area contributed by atoms with Crippen LogP contribution in [0.1, 0.15) is 39.2 Å². The monoisotopic (exact) mass is 391 g/mol. The zero-order valence-electron chi connectivity index (χ0n) is 14.3. The lowest BCUT2D eigenvalue weighted by molar-refractivity contribution is -0.00124. The van der Waals surface area contributed by atoms with Crippen LogP contribution in [0.2, 0.25) is 0 Å². The summed E-state index contributed by atoms with van der Waals surface area (Å²) in [5.41, 5.74) is 0.936. The minimum Gasteiger partial charge on any atom is -0.465 e. The van der Waals surface area contributed by atoms with Crippen molar-refractivity contribution < 1.29 is 14.3 Å². The number of carbonyl (C=O) groups excluding carboxylic acids is 1. The van der Waals surface area contributed by atoms with Crippen molar-refractivity contribution in [2.75, 3.05) is 6.54 Å². The topological polar surface area (TPSA) is 38.8 Å². The minimum absolute atomic E-state index is 0.310. The van der Waals surface area contributed by atoms with Gasteiger partial charge >= 0.3 is 6.09 Å². The molecule has 0 N–H and O–H groups in total. The lowest BCUT2D eigenvalue weighted by Gasteiger charge is -2.47. The molecule has 0 radical (unpaired) electrons. The number of rotatable bonds is 0. The molecular weight excluding hydrogens is 370 g/mol. The molecule has 2 heterocycles. The van der Waals surface area contributed by atoms with E-state index in [2.05, 4.69) is 22.5 Å². The molecule has 4 nitrogen and oxygen atoms in total. The number of nitrogens with zero attached hydrogens (tertiary/aromatic N) is 1. The number of carbonyl (C=O) groups is 1. The van der Waals surface area contributed by atoms with E-state index >= 15 is 0 Å². The first kappa shape index (κ1) is 17.1. The number of likely N-dealkylation sites (tertiary alicyclic amines) is 1. The molecule has 128 valence electrons. The summed E-state index contributed by atoms with van der Waals surface area (Å²) in [7, 11) is 0. The van der Waals surface area contributed by atoms with E-state index in [1.165, 1.54) is 0 Å². The maximum Gasteiger partial charge on any atom is 0.411 e. The molecule has 0 bridgehead atoms. The molecule has 1 spiro atoms. The van der Waals surface area contributed by atoms with Crippen molar-refractivity contribution in [2.24, 2.45) is 0 Å². The van der Waals surface area contributed by atoms with E-state index in [4.69, 9.17) is 9.47 Å². The van der Waals surface area contributed by atoms with Crippen LogP contribution in [0.5, 0.6) is 5.75 Å². The third kappa shape index (κ3) is 3.09. The molecule has 1 aromatic rings. The molecule has 1 aromatic carbocycles. The van der Waals surface area contributed by atoms with Crippen LogP contribution in [0.4, 0.5) is 4.79 Å². The third-order valence-electron chi connectivity index (χ3n) is 4.25. The lowest BCUT2D eigenvalue weighted by Crippen LogP contribution is -2.53. The van der Waals surface area contributed by atoms with E-state index in [-0.39, 0.29) is 6.09 Å². The molecule has 3 rings (SSSR count). The van der Waals surface area contributed by atoms with Gasteiger partial charge in [-0.3, -0.25) is 4.90 Å². The summed E-state index contributed by atoms with van der Waals surface area (Å²) >= 11 is 3.47. The molecule has 0 aromatic heterocycles. The van der Waals surface area contributed by atoms with Gasteiger partial charge in [-0.1, -0.05) is 34.1 Å². The van der Waals surface area contributed by atoms with Crippen molar-refractivity contribution in [3.05, 3.63) is 52.7 Å². The second kappa shape index (κ2) is 5.96. The number of amides is 1. The Balaban J connectivity index is 2.07. The Labute approximate surface area is 151 Å². The largest absolute Gasteiger partial charge is 0.465 e. The van der Waals surface area contributed by atoms with Crippen molar-refractivity contribution in [1.82, 2.24) is 4.90 Å². The van der Waals surface area contributed by atoms with Crippen LogP contribution >= 0.6 is 15.9 Å². The van der Waals surface area contributed by atoms with Crippen LogP contribution in [-0.2, 0) is 10.3 Å². The summed E-state index contributed by atoms with van der Waals surface area (Å²) in [5.74, 6) is 0.745. The van der Waals surface area contributed by atoms with Gasteiger partial charge in [-0.05, 0) is 51.8 Å². The molecule has 1 atom stereocenters. The quantitative estimate of drug-likeness (QED) is 0.574. The smallest absolute Gasteiger partial charge is 0.411 e. The van der Waals surface area contributed by atoms with Gasteiger partial charge in [-0.25, -0.2) is 4.79 Å². The van der Waals surface area contributed by atoms with E-state index in [1.54, 1.807) is 11.2 Å². The van der Waals surface area contributed by atoms with E-state index in [1.807, 2.05) is 45.0 Å². The molecule has 0 unspecified atom stereocenters. The number of ether oxygens (including phenoxy) is 2. The van der Waals surface area contributed by atoms with Crippen molar-refractivity contribution in [1.29, 1.82) is 0 Å². The van der Waals surface area contributed by atoms with Crippen LogP contribution in [0.15, 0.2) is 47.2 Å². The van der Waals surface area contributed by atoms with E-state index in [9.17, 15) is 4.79 Å². The van der Waals surface area contributed by atoms with Crippen LogP contribution in [0.3, 0.4) is 0 Å². The minimum atomic E-state index is -0.605. The molecule has 0 saturated carbocycles. The molecule has 1 saturated heterocycles. The van der Waals surface area contributed by atoms with Crippen LogP contribution < -0.4 is 4.74 Å². The summed E-state index contributed by atoms with van der Waals surface area (Å²) in [6.07, 6.45) is 4.74. The predicted octanol–water partition coefficient (Wildman–Crippen LogP) is 5.14. The van der Waals surface area contributed by atoms with Gasteiger partial charge in [0.1, 0.15) is 16.9 Å². The lowest BCUT2D eigenvalue weighted by atomic mass is 9.77. The number of benzene rings is 1. The summed E-state index contributed by atoms with van der Waals surface area (Å²) in [5, 5.41) is 0. The van der Waals surface area contributed by atoms with Crippen molar-refractivity contribution in [2.45, 2.75) is 44.8 Å². The van der Waals surface area contributed by atoms with Crippen LogP contribution in [-0.4, -0.2) is 23.1 Å². The highest BCUT2D eigenvalue weighted by atomic mass is 79.9. The molecule has 1 amide bonds. The maximum atomic E-state index is 12.9. The highest BCUT2D eigenvalue weighted by molar-refractivity contribution is 9.10. The molecule has 5 heteroatoms. The number of fused-ring (bicyclic) bond motifs is 2. The van der Waals surface area contributed by atoms with E-state index in [0.717, 1.165) is 27.8 Å². The Morgan fingerprint density at radius 1 is 1.42 bits per heavy atom. The van der Waals surface area contributed by atoms with Gasteiger partial charge in [0, 0.05) is 16.6 Å². The zero-order chi connectivity index (χ0) is 17.5. The van der Waals surface area contributed by atoms with Crippen molar-refractivity contribution in [3.8, 4) is 5.75 Å². The Hall–Kier alpha value is -1.75. The molecular formula is C19H22BrNO3. The Morgan fingerprint density at radius 2 is 2.17 bits per heavy atom. The fourth-order valence-corrected chi connectivity index (χ4v) is 3.60. The van der Waals surface area contributed by atoms with Gasteiger partial charge < -0.3 is 9.47 Å². The van der Waals surface area contributed by atoms with Crippen molar-refractivity contribution in [3.63, 3.8) is 0 Å². The summed E-state index contributed by atoms with van der Waals surface area (Å²) in [4.78, 5) is 14.7. The second-order valence-corrected chi connectivity index (χ2v) is 8.21. The average molecular weight is 392 g/mol. The standard InChI is InChI=1S/C19H22BrNO3/c1-13-7-9-21(17(22)24-18(2,3)4)19(12-13)8-10-23-16-11-14(20)5-6-15(16)19/h5-6,8,10-11H,1,7,9,12H2,2-4H3/t19-/m0/s1. The number of hydrogen-bond donors (Lipinski definition) is 0. The fraction of sp³-hybridized carbons (Fsp3) is 0.421. The molecule has 1 fully saturated rings. The maximum absolute atomic E-state index is 12.9. The number of halogens is 1. The van der Waals surface area contributed by atoms with Gasteiger partial charge in [0.2, 0.25) is 0 Å². The molecule has 2 aliphatic heterocycles. The normalized spacial score (nSPS) is 23.0. The molecule has 2 aliphatic rings. The Kier molecular flexibility index (Phi) is 4.24. The first-order valence-electron chi connectivity index (χ1n) is 8.03. The summed E-state index contributed by atoms with van der Waals surface area (Å²) in [6, 6.07) is 5.89. The van der Waals surface area contributed by atoms with Crippen LogP contribution in [0, 0.1) is 0 Å². The number of hydrogen-bond acceptors (Lipinski definition) is 3. The van der Waals surface area contributed by atoms with Gasteiger partial charge in [-0.2, -0.15) is 0 Å². The van der Waals surface area contributed by atoms with Crippen LogP contribution in [0.25, 0.3) is 0 Å². The van der Waals surface area contributed by atoms with Gasteiger partial charge in [0.05, 0.1) is 6.26 Å². The summed E-state index contributed by atoms with van der Waals surface area (Å²) < 4.78 is 12.3. The van der Waals surface area contributed by atoms with Gasteiger partial charge in [-0.15, -0.1) is 0 Å². The first-order valence-corrected chi connectivity index (χ1v) is 8.82. The van der Waals surface area contributed by atoms with Gasteiger partial charge in [0.15, 0.2) is 0 Å². The third-order valence-corrected chi connectivity index (χ3v) is 4.75. The number of piperidine rings is 1. The average Bonchev–Trinajstić information content (AvgIpc) is 2.45. The fourth-order valence-electron chi connectivity index (χ4n) is 3.26. The highest BCUT2D eigenvalue weighted by Gasteiger charge is 2.46. The first-order chi connectivity index (χ1) is 11.2. The highest BCUT2D eigenvalue weighted by Crippen LogP contribution is 2.47. The van der Waals surface area contributed by atoms with E-state index in [0.29, 0.717) is 13.0 Å². The SMILES string of the molecule is C=C1CCN(C(=O)OC(C)(C)C)[C@@]2(C=COc3cc(Br)ccc32)C1. The van der Waals surface area contributed by atoms with Crippen molar-refractivity contribution >= 4 is 22.0 Å². The van der Waals surface area contributed by atoms with Gasteiger partial charge in [0.25, 0.3) is 0 Å². The summed E-state index contributed by atoms with van der Waals surface area (Å²) in [6.45, 7) is 10.4. The van der Waals surface area contributed by atoms with E-state index < -0.39 is 11.1 Å².